The van der Waals surface area contributed by atoms with Crippen molar-refractivity contribution < 1.29 is 9.90 Å². The van der Waals surface area contributed by atoms with E-state index in [1.807, 2.05) is 0 Å². The third kappa shape index (κ3) is 4.52. The lowest BCUT2D eigenvalue weighted by atomic mass is 9.77. The zero-order chi connectivity index (χ0) is 14.4. The van der Waals surface area contributed by atoms with Crippen LogP contribution < -0.4 is 0 Å². The molecule has 0 saturated heterocycles. The van der Waals surface area contributed by atoms with Gasteiger partial charge in [-0.2, -0.15) is 0 Å². The summed E-state index contributed by atoms with van der Waals surface area (Å²) in [5.74, 6) is 0.657. The number of hydrogen-bond donors (Lipinski definition) is 1. The monoisotopic (exact) mass is 272 g/mol. The molecule has 1 aromatic carbocycles. The first kappa shape index (κ1) is 14.8. The fourth-order valence-electron chi connectivity index (χ4n) is 3.14. The molecule has 1 aliphatic rings. The summed E-state index contributed by atoms with van der Waals surface area (Å²) in [6, 6.07) is 8.96. The molecular weight excluding hydrogens is 248 g/mol. The van der Waals surface area contributed by atoms with Crippen LogP contribution in [-0.4, -0.2) is 11.1 Å². The van der Waals surface area contributed by atoms with Crippen LogP contribution in [-0.2, 0) is 4.79 Å². The maximum absolute atomic E-state index is 10.4. The van der Waals surface area contributed by atoms with Gasteiger partial charge in [0.2, 0.25) is 0 Å². The number of rotatable bonds is 5. The van der Waals surface area contributed by atoms with E-state index in [4.69, 9.17) is 5.11 Å². The average Bonchev–Trinajstić information content (AvgIpc) is 2.45. The predicted molar refractivity (Wildman–Crippen MR) is 81.9 cm³/mol. The highest BCUT2D eigenvalue weighted by Gasteiger charge is 2.21. The minimum atomic E-state index is -0.840. The van der Waals surface area contributed by atoms with Gasteiger partial charge in [-0.15, -0.1) is 0 Å². The summed E-state index contributed by atoms with van der Waals surface area (Å²) < 4.78 is 0. The number of aryl methyl sites for hydroxylation is 1. The molecule has 0 bridgehead atoms. The number of hydrogen-bond acceptors (Lipinski definition) is 1. The summed E-state index contributed by atoms with van der Waals surface area (Å²) in [6.45, 7) is 2.13. The lowest BCUT2D eigenvalue weighted by Gasteiger charge is -2.28. The van der Waals surface area contributed by atoms with Crippen LogP contribution >= 0.6 is 0 Å². The fraction of sp³-hybridized carbons (Fsp3) is 0.500. The third-order valence-electron chi connectivity index (χ3n) is 4.40. The van der Waals surface area contributed by atoms with Gasteiger partial charge in [0, 0.05) is 6.08 Å². The van der Waals surface area contributed by atoms with Gasteiger partial charge in [0.15, 0.2) is 0 Å². The molecular formula is C18H24O2. The van der Waals surface area contributed by atoms with Crippen LogP contribution in [0.15, 0.2) is 36.4 Å². The van der Waals surface area contributed by atoms with Crippen molar-refractivity contribution in [1.29, 1.82) is 0 Å². The number of carboxylic acids is 1. The van der Waals surface area contributed by atoms with E-state index in [9.17, 15) is 4.79 Å². The smallest absolute Gasteiger partial charge is 0.327 e. The molecule has 1 aliphatic carbocycles. The third-order valence-corrected chi connectivity index (χ3v) is 4.40. The van der Waals surface area contributed by atoms with Crippen molar-refractivity contribution in [2.24, 2.45) is 5.92 Å². The molecule has 1 N–H and O–H groups in total. The van der Waals surface area contributed by atoms with Gasteiger partial charge in [-0.25, -0.2) is 4.79 Å². The van der Waals surface area contributed by atoms with Crippen molar-refractivity contribution in [3.8, 4) is 0 Å². The Morgan fingerprint density at radius 3 is 2.45 bits per heavy atom. The standard InChI is InChI=1S/C18H24O2/c1-14-6-10-16(11-7-14)17-12-8-15(9-13-17)4-2-3-5-18(19)20/h3,5-7,10-11,15,17H,2,4,8-9,12-13H2,1H3,(H,19,20)/b5-3+. The van der Waals surface area contributed by atoms with Crippen molar-refractivity contribution in [3.05, 3.63) is 47.5 Å². The first-order valence-corrected chi connectivity index (χ1v) is 7.61. The van der Waals surface area contributed by atoms with Crippen molar-refractivity contribution in [2.75, 3.05) is 0 Å². The Hall–Kier alpha value is -1.57. The highest BCUT2D eigenvalue weighted by Crippen LogP contribution is 2.37. The van der Waals surface area contributed by atoms with Gasteiger partial charge in [0.1, 0.15) is 0 Å². The van der Waals surface area contributed by atoms with E-state index < -0.39 is 5.97 Å². The summed E-state index contributed by atoms with van der Waals surface area (Å²) in [5, 5.41) is 8.54. The fourth-order valence-corrected chi connectivity index (χ4v) is 3.14. The Kier molecular flexibility index (Phi) is 5.40. The summed E-state index contributed by atoms with van der Waals surface area (Å²) in [5.41, 5.74) is 2.81. The van der Waals surface area contributed by atoms with Gasteiger partial charge < -0.3 is 5.11 Å². The number of allylic oxidation sites excluding steroid dienone is 1. The predicted octanol–water partition coefficient (Wildman–Crippen LogP) is 4.69. The second-order valence-electron chi connectivity index (χ2n) is 5.95. The molecule has 0 radical (unpaired) electrons. The molecule has 0 aliphatic heterocycles. The SMILES string of the molecule is Cc1ccc(C2CCC(CC/C=C/C(=O)O)CC2)cc1. The largest absolute Gasteiger partial charge is 0.478 e. The molecule has 2 rings (SSSR count). The van der Waals surface area contributed by atoms with Crippen LogP contribution in [0.4, 0.5) is 0 Å². The van der Waals surface area contributed by atoms with Gasteiger partial charge in [0.05, 0.1) is 0 Å². The molecule has 2 heteroatoms. The zero-order valence-electron chi connectivity index (χ0n) is 12.2. The lowest BCUT2D eigenvalue weighted by molar-refractivity contribution is -0.131. The van der Waals surface area contributed by atoms with Gasteiger partial charge >= 0.3 is 5.97 Å². The van der Waals surface area contributed by atoms with Gasteiger partial charge in [-0.1, -0.05) is 35.9 Å². The van der Waals surface area contributed by atoms with Crippen LogP contribution in [0, 0.1) is 12.8 Å². The topological polar surface area (TPSA) is 37.3 Å². The zero-order valence-corrected chi connectivity index (χ0v) is 12.2. The average molecular weight is 272 g/mol. The van der Waals surface area contributed by atoms with Crippen LogP contribution in [0.3, 0.4) is 0 Å². The number of benzene rings is 1. The van der Waals surface area contributed by atoms with Crippen LogP contribution in [0.1, 0.15) is 55.6 Å². The van der Waals surface area contributed by atoms with Crippen molar-refractivity contribution >= 4 is 5.97 Å². The van der Waals surface area contributed by atoms with Crippen LogP contribution in [0.5, 0.6) is 0 Å². The van der Waals surface area contributed by atoms with Gasteiger partial charge in [0.25, 0.3) is 0 Å². The number of carbonyl (C=O) groups is 1. The normalized spacial score (nSPS) is 23.1. The lowest BCUT2D eigenvalue weighted by Crippen LogP contribution is -2.13. The minimum Gasteiger partial charge on any atom is -0.478 e. The highest BCUT2D eigenvalue weighted by molar-refractivity contribution is 5.79. The maximum Gasteiger partial charge on any atom is 0.327 e. The first-order valence-electron chi connectivity index (χ1n) is 7.61. The summed E-state index contributed by atoms with van der Waals surface area (Å²) >= 11 is 0. The molecule has 0 aromatic heterocycles. The Balaban J connectivity index is 1.75. The molecule has 1 fully saturated rings. The molecule has 20 heavy (non-hydrogen) atoms. The molecule has 2 nitrogen and oxygen atoms in total. The van der Waals surface area contributed by atoms with Crippen molar-refractivity contribution in [3.63, 3.8) is 0 Å². The number of aliphatic carboxylic acids is 1. The minimum absolute atomic E-state index is 0.724. The molecule has 0 unspecified atom stereocenters. The molecule has 0 spiro atoms. The molecule has 0 heterocycles. The Bertz CT molecular complexity index is 451. The van der Waals surface area contributed by atoms with E-state index in [1.54, 1.807) is 6.08 Å². The van der Waals surface area contributed by atoms with Gasteiger partial charge in [-0.05, 0) is 62.8 Å². The highest BCUT2D eigenvalue weighted by atomic mass is 16.4. The van der Waals surface area contributed by atoms with Crippen molar-refractivity contribution in [1.82, 2.24) is 0 Å². The summed E-state index contributed by atoms with van der Waals surface area (Å²) in [7, 11) is 0. The van der Waals surface area contributed by atoms with E-state index in [0.717, 1.165) is 24.7 Å². The van der Waals surface area contributed by atoms with E-state index in [1.165, 1.54) is 42.9 Å². The maximum atomic E-state index is 10.4. The Morgan fingerprint density at radius 1 is 1.20 bits per heavy atom. The summed E-state index contributed by atoms with van der Waals surface area (Å²) in [4.78, 5) is 10.4. The number of carboxylic acid groups (broad SMARTS) is 1. The Labute approximate surface area is 121 Å². The Morgan fingerprint density at radius 2 is 1.85 bits per heavy atom. The van der Waals surface area contributed by atoms with E-state index >= 15 is 0 Å². The molecule has 108 valence electrons. The van der Waals surface area contributed by atoms with Crippen LogP contribution in [0.25, 0.3) is 0 Å². The summed E-state index contributed by atoms with van der Waals surface area (Å²) in [6.07, 6.45) is 10.2. The quantitative estimate of drug-likeness (QED) is 0.789. The second-order valence-corrected chi connectivity index (χ2v) is 5.95. The van der Waals surface area contributed by atoms with Crippen LogP contribution in [0.2, 0.25) is 0 Å². The molecule has 0 atom stereocenters. The first-order chi connectivity index (χ1) is 9.65. The molecule has 1 aromatic rings. The second kappa shape index (κ2) is 7.28. The van der Waals surface area contributed by atoms with Gasteiger partial charge in [-0.3, -0.25) is 0 Å². The molecule has 0 amide bonds. The molecule has 1 saturated carbocycles. The van der Waals surface area contributed by atoms with Crippen molar-refractivity contribution in [2.45, 2.75) is 51.4 Å². The van der Waals surface area contributed by atoms with E-state index in [0.29, 0.717) is 0 Å². The van der Waals surface area contributed by atoms with E-state index in [2.05, 4.69) is 31.2 Å². The van der Waals surface area contributed by atoms with E-state index in [-0.39, 0.29) is 0 Å².